The van der Waals surface area contributed by atoms with Gasteiger partial charge in [0.05, 0.1) is 6.42 Å². The molecule has 0 radical (unpaired) electrons. The fourth-order valence-electron chi connectivity index (χ4n) is 2.13. The summed E-state index contributed by atoms with van der Waals surface area (Å²) in [5, 5.41) is 3.12. The zero-order valence-electron chi connectivity index (χ0n) is 11.0. The van der Waals surface area contributed by atoms with E-state index in [4.69, 9.17) is 0 Å². The lowest BCUT2D eigenvalue weighted by atomic mass is 10.1. The van der Waals surface area contributed by atoms with Crippen molar-refractivity contribution in [2.24, 2.45) is 0 Å². The Kier molecular flexibility index (Phi) is 3.85. The maximum absolute atomic E-state index is 13.0. The zero-order valence-corrected chi connectivity index (χ0v) is 11.0. The highest BCUT2D eigenvalue weighted by molar-refractivity contribution is 5.79. The molecule has 1 saturated heterocycles. The van der Waals surface area contributed by atoms with E-state index in [0.717, 1.165) is 11.1 Å². The van der Waals surface area contributed by atoms with E-state index in [-0.39, 0.29) is 12.6 Å². The van der Waals surface area contributed by atoms with Gasteiger partial charge in [0.2, 0.25) is 0 Å². The molecule has 104 valence electrons. The minimum Gasteiger partial charge on any atom is -0.456 e. The summed E-state index contributed by atoms with van der Waals surface area (Å²) in [6.45, 7) is 4.18. The number of hydrogen-bond acceptors (Lipinski definition) is 3. The van der Waals surface area contributed by atoms with Gasteiger partial charge in [-0.15, -0.1) is 0 Å². The van der Waals surface area contributed by atoms with Crippen molar-refractivity contribution < 1.29 is 18.3 Å². The molecule has 0 saturated carbocycles. The van der Waals surface area contributed by atoms with Gasteiger partial charge in [-0.1, -0.05) is 29.8 Å². The molecule has 2 atom stereocenters. The van der Waals surface area contributed by atoms with Gasteiger partial charge in [0.15, 0.2) is 0 Å². The first kappa shape index (κ1) is 13.9. The number of esters is 1. The van der Waals surface area contributed by atoms with E-state index < -0.39 is 24.4 Å². The predicted molar refractivity (Wildman–Crippen MR) is 67.0 cm³/mol. The van der Waals surface area contributed by atoms with Crippen LogP contribution in [0, 0.1) is 6.92 Å². The smallest absolute Gasteiger partial charge is 0.377 e. The van der Waals surface area contributed by atoms with E-state index >= 15 is 0 Å². The third kappa shape index (κ3) is 3.29. The largest absolute Gasteiger partial charge is 0.456 e. The molecule has 0 aromatic heterocycles. The van der Waals surface area contributed by atoms with Crippen molar-refractivity contribution in [2.45, 2.75) is 38.3 Å². The van der Waals surface area contributed by atoms with Crippen molar-refractivity contribution in [3.63, 3.8) is 0 Å². The molecule has 19 heavy (non-hydrogen) atoms. The van der Waals surface area contributed by atoms with E-state index in [1.165, 1.54) is 0 Å². The summed E-state index contributed by atoms with van der Waals surface area (Å²) in [6, 6.07) is 7.97. The molecule has 2 rings (SSSR count). The van der Waals surface area contributed by atoms with E-state index in [2.05, 4.69) is 10.1 Å². The molecular weight excluding hydrogens is 252 g/mol. The number of halogens is 2. The maximum Gasteiger partial charge on any atom is 0.377 e. The highest BCUT2D eigenvalue weighted by Crippen LogP contribution is 2.30. The number of rotatable bonds is 4. The predicted octanol–water partition coefficient (Wildman–Crippen LogP) is 2.60. The third-order valence-electron chi connectivity index (χ3n) is 3.25. The Balaban J connectivity index is 1.88. The minimum atomic E-state index is -3.33. The van der Waals surface area contributed by atoms with Crippen molar-refractivity contribution in [3.8, 4) is 0 Å². The van der Waals surface area contributed by atoms with Crippen LogP contribution in [0.3, 0.4) is 0 Å². The Labute approximate surface area is 111 Å². The molecule has 0 spiro atoms. The number of cyclic esters (lactones) is 1. The number of ether oxygens (including phenoxy) is 1. The first-order valence-electron chi connectivity index (χ1n) is 6.27. The molecule has 1 aliphatic heterocycles. The second-order valence-corrected chi connectivity index (χ2v) is 4.98. The molecule has 3 nitrogen and oxygen atoms in total. The topological polar surface area (TPSA) is 38.3 Å². The Bertz CT molecular complexity index is 476. The molecule has 1 aliphatic rings. The summed E-state index contributed by atoms with van der Waals surface area (Å²) in [4.78, 5) is 10.9. The summed E-state index contributed by atoms with van der Waals surface area (Å²) in [6.07, 6.45) is -1.30. The Morgan fingerprint density at radius 3 is 2.84 bits per heavy atom. The van der Waals surface area contributed by atoms with E-state index in [9.17, 15) is 13.6 Å². The maximum atomic E-state index is 13.0. The number of carbonyl (C=O) groups excluding carboxylic acids is 1. The standard InChI is InChI=1S/C14H17F2NO2/c1-9-4-3-5-11(6-9)10(2)17-8-12-7-14(15,16)13(18)19-12/h3-6,10,12,17H,7-8H2,1-2H3/t10-,12?/m1/s1. The van der Waals surface area contributed by atoms with E-state index in [1.54, 1.807) is 0 Å². The van der Waals surface area contributed by atoms with Gasteiger partial charge in [-0.3, -0.25) is 0 Å². The van der Waals surface area contributed by atoms with Crippen molar-refractivity contribution in [1.82, 2.24) is 5.32 Å². The monoisotopic (exact) mass is 269 g/mol. The number of hydrogen-bond donors (Lipinski definition) is 1. The fraction of sp³-hybridized carbons (Fsp3) is 0.500. The minimum absolute atomic E-state index is 0.0211. The first-order valence-corrected chi connectivity index (χ1v) is 6.27. The lowest BCUT2D eigenvalue weighted by Crippen LogP contribution is -2.29. The van der Waals surface area contributed by atoms with Gasteiger partial charge in [-0.2, -0.15) is 8.78 Å². The van der Waals surface area contributed by atoms with Crippen LogP contribution in [0.25, 0.3) is 0 Å². The number of alkyl halides is 2. The van der Waals surface area contributed by atoms with Crippen LogP contribution >= 0.6 is 0 Å². The molecule has 0 aliphatic carbocycles. The van der Waals surface area contributed by atoms with Crippen molar-refractivity contribution in [3.05, 3.63) is 35.4 Å². The second kappa shape index (κ2) is 5.25. The van der Waals surface area contributed by atoms with Crippen LogP contribution in [0.15, 0.2) is 24.3 Å². The van der Waals surface area contributed by atoms with Gasteiger partial charge >= 0.3 is 11.9 Å². The van der Waals surface area contributed by atoms with Gasteiger partial charge < -0.3 is 10.1 Å². The SMILES string of the molecule is Cc1cccc([C@@H](C)NCC2CC(F)(F)C(=O)O2)c1. The Morgan fingerprint density at radius 2 is 2.26 bits per heavy atom. The average molecular weight is 269 g/mol. The van der Waals surface area contributed by atoms with Gasteiger partial charge in [0.1, 0.15) is 6.10 Å². The molecule has 1 fully saturated rings. The van der Waals surface area contributed by atoms with Crippen molar-refractivity contribution in [1.29, 1.82) is 0 Å². The number of nitrogens with one attached hydrogen (secondary N) is 1. The molecule has 5 heteroatoms. The first-order chi connectivity index (χ1) is 8.88. The second-order valence-electron chi connectivity index (χ2n) is 4.98. The molecule has 1 heterocycles. The van der Waals surface area contributed by atoms with Crippen molar-refractivity contribution in [2.75, 3.05) is 6.54 Å². The third-order valence-corrected chi connectivity index (χ3v) is 3.25. The number of aryl methyl sites for hydroxylation is 1. The average Bonchev–Trinajstić information content (AvgIpc) is 2.60. The highest BCUT2D eigenvalue weighted by Gasteiger charge is 2.50. The van der Waals surface area contributed by atoms with E-state index in [1.807, 2.05) is 38.1 Å². The molecule has 0 bridgehead atoms. The lowest BCUT2D eigenvalue weighted by molar-refractivity contribution is -0.159. The quantitative estimate of drug-likeness (QED) is 0.854. The van der Waals surface area contributed by atoms with Crippen LogP contribution in [0.1, 0.15) is 30.5 Å². The molecule has 1 N–H and O–H groups in total. The van der Waals surface area contributed by atoms with Crippen LogP contribution in [-0.4, -0.2) is 24.5 Å². The number of carbonyl (C=O) groups is 1. The summed E-state index contributed by atoms with van der Waals surface area (Å²) < 4.78 is 30.6. The van der Waals surface area contributed by atoms with Gasteiger partial charge in [0, 0.05) is 12.6 Å². The lowest BCUT2D eigenvalue weighted by Gasteiger charge is -2.17. The molecule has 1 unspecified atom stereocenters. The Morgan fingerprint density at radius 1 is 1.53 bits per heavy atom. The zero-order chi connectivity index (χ0) is 14.0. The van der Waals surface area contributed by atoms with Crippen LogP contribution in [-0.2, 0) is 9.53 Å². The molecule has 1 aromatic carbocycles. The van der Waals surface area contributed by atoms with E-state index in [0.29, 0.717) is 0 Å². The van der Waals surface area contributed by atoms with Gasteiger partial charge in [0.25, 0.3) is 0 Å². The van der Waals surface area contributed by atoms with Crippen LogP contribution in [0.5, 0.6) is 0 Å². The number of benzene rings is 1. The van der Waals surface area contributed by atoms with Crippen molar-refractivity contribution >= 4 is 5.97 Å². The van der Waals surface area contributed by atoms with Crippen LogP contribution < -0.4 is 5.32 Å². The van der Waals surface area contributed by atoms with Gasteiger partial charge in [-0.25, -0.2) is 4.79 Å². The Hall–Kier alpha value is -1.49. The summed E-state index contributed by atoms with van der Waals surface area (Å²) in [5.74, 6) is -4.75. The molecule has 0 amide bonds. The summed E-state index contributed by atoms with van der Waals surface area (Å²) in [5.41, 5.74) is 2.22. The van der Waals surface area contributed by atoms with Crippen LogP contribution in [0.4, 0.5) is 8.78 Å². The molecular formula is C14H17F2NO2. The fourth-order valence-corrected chi connectivity index (χ4v) is 2.13. The summed E-state index contributed by atoms with van der Waals surface area (Å²) >= 11 is 0. The highest BCUT2D eigenvalue weighted by atomic mass is 19.3. The van der Waals surface area contributed by atoms with Gasteiger partial charge in [-0.05, 0) is 19.4 Å². The normalized spacial score (nSPS) is 23.2. The summed E-state index contributed by atoms with van der Waals surface area (Å²) in [7, 11) is 0. The molecule has 1 aromatic rings. The van der Waals surface area contributed by atoms with Crippen LogP contribution in [0.2, 0.25) is 0 Å².